The Kier molecular flexibility index (Phi) is 6.46. The number of ketones is 3. The fourth-order valence-corrected chi connectivity index (χ4v) is 5.40. The highest BCUT2D eigenvalue weighted by atomic mass is 16.7. The van der Waals surface area contributed by atoms with Crippen LogP contribution < -0.4 is 0 Å². The van der Waals surface area contributed by atoms with E-state index in [0.29, 0.717) is 0 Å². The molecule has 0 aromatic heterocycles. The summed E-state index contributed by atoms with van der Waals surface area (Å²) in [4.78, 5) is 39.6. The number of aliphatic hydroxyl groups is 4. The van der Waals surface area contributed by atoms with Gasteiger partial charge >= 0.3 is 0 Å². The van der Waals surface area contributed by atoms with E-state index < -0.39 is 96.2 Å². The van der Waals surface area contributed by atoms with Crippen molar-refractivity contribution in [1.29, 1.82) is 0 Å². The number of hydrogen-bond acceptors (Lipinski definition) is 11. The summed E-state index contributed by atoms with van der Waals surface area (Å²) in [6.07, 6.45) is -2.27. The average molecular weight is 526 g/mol. The van der Waals surface area contributed by atoms with Gasteiger partial charge in [0.15, 0.2) is 23.6 Å². The van der Waals surface area contributed by atoms with E-state index in [4.69, 9.17) is 9.47 Å². The highest BCUT2D eigenvalue weighted by Gasteiger charge is 2.49. The normalized spacial score (nSPS) is 28.0. The van der Waals surface area contributed by atoms with E-state index in [0.717, 1.165) is 0 Å². The third kappa shape index (κ3) is 3.87. The fraction of sp³-hybridized carbons (Fsp3) is 0.370. The molecule has 6 N–H and O–H groups in total. The first-order valence-electron chi connectivity index (χ1n) is 12.0. The summed E-state index contributed by atoms with van der Waals surface area (Å²) in [6.45, 7) is 0.0196. The maximum Gasteiger partial charge on any atom is 0.198 e. The number of benzene rings is 2. The van der Waals surface area contributed by atoms with E-state index in [2.05, 4.69) is 0 Å². The Labute approximate surface area is 216 Å². The lowest BCUT2D eigenvalue weighted by Gasteiger charge is -2.40. The molecule has 11 heteroatoms. The smallest absolute Gasteiger partial charge is 0.198 e. The summed E-state index contributed by atoms with van der Waals surface area (Å²) in [7, 11) is 0. The number of hydrogen-bond donors (Lipinski definition) is 6. The van der Waals surface area contributed by atoms with Gasteiger partial charge in [0, 0.05) is 35.1 Å². The van der Waals surface area contributed by atoms with Crippen LogP contribution in [0.4, 0.5) is 0 Å². The highest BCUT2D eigenvalue weighted by Crippen LogP contribution is 2.52. The van der Waals surface area contributed by atoms with Gasteiger partial charge in [-0.25, -0.2) is 0 Å². The molecule has 3 aliphatic rings. The lowest BCUT2D eigenvalue weighted by molar-refractivity contribution is -0.200. The lowest BCUT2D eigenvalue weighted by atomic mass is 9.71. The lowest BCUT2D eigenvalue weighted by Crippen LogP contribution is -2.48. The number of aromatic hydroxyl groups is 2. The molecule has 38 heavy (non-hydrogen) atoms. The van der Waals surface area contributed by atoms with E-state index in [1.54, 1.807) is 6.92 Å². The van der Waals surface area contributed by atoms with Crippen molar-refractivity contribution >= 4 is 17.3 Å². The van der Waals surface area contributed by atoms with Crippen LogP contribution in [-0.2, 0) is 27.3 Å². The Hall–Kier alpha value is -3.45. The van der Waals surface area contributed by atoms with Crippen LogP contribution in [0.25, 0.3) is 0 Å². The van der Waals surface area contributed by atoms with Gasteiger partial charge in [0.25, 0.3) is 0 Å². The minimum Gasteiger partial charge on any atom is -0.507 e. The first-order chi connectivity index (χ1) is 18.0. The largest absolute Gasteiger partial charge is 0.507 e. The van der Waals surface area contributed by atoms with Gasteiger partial charge in [0.1, 0.15) is 23.7 Å². The van der Waals surface area contributed by atoms with Crippen molar-refractivity contribution in [2.24, 2.45) is 0 Å². The van der Waals surface area contributed by atoms with Gasteiger partial charge in [-0.1, -0.05) is 24.3 Å². The van der Waals surface area contributed by atoms with Crippen molar-refractivity contribution < 1.29 is 54.5 Å². The molecule has 2 aliphatic carbocycles. The predicted octanol–water partition coefficient (Wildman–Crippen LogP) is 0.324. The predicted molar refractivity (Wildman–Crippen MR) is 128 cm³/mol. The van der Waals surface area contributed by atoms with Crippen molar-refractivity contribution in [3.63, 3.8) is 0 Å². The van der Waals surface area contributed by atoms with Crippen LogP contribution in [0, 0.1) is 0 Å². The third-order valence-corrected chi connectivity index (χ3v) is 7.41. The number of carbonyl (C=O) groups excluding carboxylic acids is 3. The van der Waals surface area contributed by atoms with Crippen LogP contribution in [0.3, 0.4) is 0 Å². The molecular formula is C27H26O11. The number of rotatable bonds is 5. The first kappa shape index (κ1) is 26.2. The summed E-state index contributed by atoms with van der Waals surface area (Å²) >= 11 is 0. The van der Waals surface area contributed by atoms with E-state index in [9.17, 15) is 45.0 Å². The summed E-state index contributed by atoms with van der Waals surface area (Å²) < 4.78 is 11.6. The van der Waals surface area contributed by atoms with Gasteiger partial charge in [0.05, 0.1) is 36.0 Å². The van der Waals surface area contributed by atoms with E-state index in [1.165, 1.54) is 30.4 Å². The summed E-state index contributed by atoms with van der Waals surface area (Å²) in [5.41, 5.74) is -3.58. The van der Waals surface area contributed by atoms with Crippen molar-refractivity contribution in [1.82, 2.24) is 0 Å². The van der Waals surface area contributed by atoms with Crippen LogP contribution in [-0.4, -0.2) is 78.7 Å². The van der Waals surface area contributed by atoms with E-state index in [1.807, 2.05) is 0 Å². The second kappa shape index (κ2) is 9.38. The van der Waals surface area contributed by atoms with Gasteiger partial charge in [-0.15, -0.1) is 0 Å². The van der Waals surface area contributed by atoms with E-state index >= 15 is 0 Å². The number of carbonyl (C=O) groups is 3. The van der Waals surface area contributed by atoms with Gasteiger partial charge in [-0.2, -0.15) is 0 Å². The molecule has 1 aliphatic heterocycles. The van der Waals surface area contributed by atoms with Crippen LogP contribution in [0.5, 0.6) is 11.5 Å². The Morgan fingerprint density at radius 2 is 1.79 bits per heavy atom. The summed E-state index contributed by atoms with van der Waals surface area (Å²) in [6, 6.07) is 4.28. The Morgan fingerprint density at radius 1 is 1.08 bits per heavy atom. The Balaban J connectivity index is 1.71. The molecule has 11 nitrogen and oxygen atoms in total. The van der Waals surface area contributed by atoms with Crippen LogP contribution >= 0.6 is 0 Å². The second-order valence-electron chi connectivity index (χ2n) is 9.70. The van der Waals surface area contributed by atoms with Crippen LogP contribution in [0.1, 0.15) is 68.0 Å². The SMILES string of the molecule is C[C@@H]1OC(O[C@H]2C[C@](O)(C(=O)CO)Cc3c(O)c4c(c(O)c32)C(=O)c2c(CO)cccc2C4=O)C=CC1O. The minimum atomic E-state index is -2.24. The molecule has 0 amide bonds. The quantitative estimate of drug-likeness (QED) is 0.198. The molecule has 2 unspecified atom stereocenters. The standard InChI is InChI=1S/C27H26O11/c1-11-15(30)5-6-18(37-11)38-16-8-27(36,17(31)10-29)7-14-20(16)26(35)22-21(24(14)33)23(32)13-4-2-3-12(9-28)19(13)25(22)34/h2-6,11,15-16,18,28-30,33,35-36H,7-10H2,1H3/t11-,15?,16-,18?,27-/m0/s1. The number of fused-ring (bicyclic) bond motifs is 3. The zero-order valence-corrected chi connectivity index (χ0v) is 20.2. The van der Waals surface area contributed by atoms with Crippen LogP contribution in [0.15, 0.2) is 30.4 Å². The molecule has 0 fully saturated rings. The summed E-state index contributed by atoms with van der Waals surface area (Å²) in [5.74, 6) is -3.96. The molecule has 5 rings (SSSR count). The molecule has 2 aromatic carbocycles. The van der Waals surface area contributed by atoms with Crippen molar-refractivity contribution in [3.8, 4) is 11.5 Å². The fourth-order valence-electron chi connectivity index (χ4n) is 5.40. The maximum atomic E-state index is 13.6. The average Bonchev–Trinajstić information content (AvgIpc) is 2.90. The molecule has 1 heterocycles. The van der Waals surface area contributed by atoms with Gasteiger partial charge in [-0.3, -0.25) is 14.4 Å². The molecule has 0 bridgehead atoms. The maximum absolute atomic E-state index is 13.6. The number of aliphatic hydroxyl groups excluding tert-OH is 3. The molecule has 0 radical (unpaired) electrons. The molecule has 0 saturated carbocycles. The molecular weight excluding hydrogens is 500 g/mol. The molecule has 2 aromatic rings. The van der Waals surface area contributed by atoms with Crippen molar-refractivity contribution in [3.05, 3.63) is 69.3 Å². The molecule has 5 atom stereocenters. The minimum absolute atomic E-state index is 0.0812. The Bertz CT molecular complexity index is 1390. The number of phenols is 2. The summed E-state index contributed by atoms with van der Waals surface area (Å²) in [5, 5.41) is 63.0. The molecule has 0 saturated heterocycles. The van der Waals surface area contributed by atoms with Crippen LogP contribution in [0.2, 0.25) is 0 Å². The third-order valence-electron chi connectivity index (χ3n) is 7.41. The van der Waals surface area contributed by atoms with Gasteiger partial charge < -0.3 is 40.1 Å². The zero-order valence-electron chi connectivity index (χ0n) is 20.2. The van der Waals surface area contributed by atoms with E-state index in [-0.39, 0.29) is 27.8 Å². The highest BCUT2D eigenvalue weighted by molar-refractivity contribution is 6.31. The van der Waals surface area contributed by atoms with Crippen molar-refractivity contribution in [2.45, 2.75) is 56.6 Å². The molecule has 0 spiro atoms. The number of ether oxygens (including phenoxy) is 2. The first-order valence-corrected chi connectivity index (χ1v) is 12.0. The van der Waals surface area contributed by atoms with Crippen molar-refractivity contribution in [2.75, 3.05) is 6.61 Å². The number of Topliss-reactive ketones (excluding diaryl/α,β-unsaturated/α-hetero) is 1. The second-order valence-corrected chi connectivity index (χ2v) is 9.70. The monoisotopic (exact) mass is 526 g/mol. The number of phenolic OH excluding ortho intramolecular Hbond substituents is 2. The Morgan fingerprint density at radius 3 is 2.45 bits per heavy atom. The van der Waals surface area contributed by atoms with Gasteiger partial charge in [-0.05, 0) is 18.6 Å². The zero-order chi connectivity index (χ0) is 27.5. The molecule has 200 valence electrons. The topological polar surface area (TPSA) is 191 Å². The van der Waals surface area contributed by atoms with Gasteiger partial charge in [0.2, 0.25) is 0 Å².